The van der Waals surface area contributed by atoms with Crippen molar-refractivity contribution in [2.45, 2.75) is 32.3 Å². The van der Waals surface area contributed by atoms with Gasteiger partial charge in [0.1, 0.15) is 0 Å². The van der Waals surface area contributed by atoms with Crippen molar-refractivity contribution in [3.05, 3.63) is 28.2 Å². The molecule has 1 aliphatic heterocycles. The molecule has 0 radical (unpaired) electrons. The Bertz CT molecular complexity index is 348. The van der Waals surface area contributed by atoms with Crippen LogP contribution in [0.2, 0.25) is 0 Å². The number of hydrogen-bond acceptors (Lipinski definition) is 2. The Labute approximate surface area is 106 Å². The van der Waals surface area contributed by atoms with E-state index in [4.69, 9.17) is 4.74 Å². The molecule has 0 bridgehead atoms. The van der Waals surface area contributed by atoms with Gasteiger partial charge in [0.15, 0.2) is 0 Å². The molecular weight excluding hydrogens is 266 g/mol. The molecule has 0 aromatic heterocycles. The van der Waals surface area contributed by atoms with Crippen LogP contribution in [0.3, 0.4) is 0 Å². The summed E-state index contributed by atoms with van der Waals surface area (Å²) >= 11 is 3.55. The highest BCUT2D eigenvalue weighted by Crippen LogP contribution is 2.24. The van der Waals surface area contributed by atoms with E-state index in [0.717, 1.165) is 23.3 Å². The molecule has 1 aromatic carbocycles. The molecule has 2 nitrogen and oxygen atoms in total. The number of hydrogen-bond donors (Lipinski definition) is 1. The topological polar surface area (TPSA) is 21.3 Å². The lowest BCUT2D eigenvalue weighted by Crippen LogP contribution is -2.27. The van der Waals surface area contributed by atoms with Crippen molar-refractivity contribution in [3.63, 3.8) is 0 Å². The summed E-state index contributed by atoms with van der Waals surface area (Å²) in [7, 11) is 0. The zero-order valence-corrected chi connectivity index (χ0v) is 11.2. The van der Waals surface area contributed by atoms with Crippen molar-refractivity contribution >= 4 is 21.6 Å². The Balaban J connectivity index is 1.90. The second-order valence-corrected chi connectivity index (χ2v) is 5.21. The molecule has 16 heavy (non-hydrogen) atoms. The molecule has 1 N–H and O–H groups in total. The van der Waals surface area contributed by atoms with Gasteiger partial charge in [-0.2, -0.15) is 0 Å². The predicted octanol–water partition coefficient (Wildman–Crippen LogP) is 3.74. The first-order chi connectivity index (χ1) is 7.75. The van der Waals surface area contributed by atoms with Gasteiger partial charge in [0.2, 0.25) is 0 Å². The minimum absolute atomic E-state index is 0.376. The molecular formula is C13H18BrNO. The lowest BCUT2D eigenvalue weighted by Gasteiger charge is -2.23. The summed E-state index contributed by atoms with van der Waals surface area (Å²) in [6, 6.07) is 6.35. The number of aryl methyl sites for hydroxylation is 1. The highest BCUT2D eigenvalue weighted by molar-refractivity contribution is 9.10. The second-order valence-electron chi connectivity index (χ2n) is 4.35. The maximum Gasteiger partial charge on any atom is 0.0747 e. The molecule has 1 heterocycles. The van der Waals surface area contributed by atoms with Crippen LogP contribution in [0.15, 0.2) is 22.7 Å². The normalized spacial score (nSPS) is 20.8. The van der Waals surface area contributed by atoms with Gasteiger partial charge in [-0.3, -0.25) is 0 Å². The third-order valence-electron chi connectivity index (χ3n) is 2.92. The lowest BCUT2D eigenvalue weighted by atomic mass is 10.1. The molecule has 0 spiro atoms. The van der Waals surface area contributed by atoms with Gasteiger partial charge in [-0.25, -0.2) is 0 Å². The highest BCUT2D eigenvalue weighted by atomic mass is 79.9. The lowest BCUT2D eigenvalue weighted by molar-refractivity contribution is 0.0247. The van der Waals surface area contributed by atoms with Crippen molar-refractivity contribution in [1.29, 1.82) is 0 Å². The molecule has 1 unspecified atom stereocenters. The van der Waals surface area contributed by atoms with Crippen LogP contribution in [-0.2, 0) is 4.74 Å². The van der Waals surface area contributed by atoms with E-state index in [-0.39, 0.29) is 0 Å². The van der Waals surface area contributed by atoms with Crippen LogP contribution < -0.4 is 5.32 Å². The summed E-state index contributed by atoms with van der Waals surface area (Å²) in [5, 5.41) is 3.45. The van der Waals surface area contributed by atoms with Crippen LogP contribution >= 0.6 is 15.9 Å². The molecule has 0 aliphatic carbocycles. The van der Waals surface area contributed by atoms with E-state index in [1.54, 1.807) is 0 Å². The van der Waals surface area contributed by atoms with Crippen LogP contribution in [0.25, 0.3) is 0 Å². The minimum Gasteiger partial charge on any atom is -0.382 e. The smallest absolute Gasteiger partial charge is 0.0747 e. The number of ether oxygens (including phenoxy) is 1. The summed E-state index contributed by atoms with van der Waals surface area (Å²) in [6.45, 7) is 3.93. The van der Waals surface area contributed by atoms with E-state index in [9.17, 15) is 0 Å². The van der Waals surface area contributed by atoms with Gasteiger partial charge in [-0.05, 0) is 59.8 Å². The maximum absolute atomic E-state index is 5.69. The van der Waals surface area contributed by atoms with Crippen molar-refractivity contribution in [2.24, 2.45) is 0 Å². The molecule has 1 fully saturated rings. The van der Waals surface area contributed by atoms with Crippen molar-refractivity contribution in [3.8, 4) is 0 Å². The predicted molar refractivity (Wildman–Crippen MR) is 71.0 cm³/mol. The average molecular weight is 284 g/mol. The van der Waals surface area contributed by atoms with Crippen LogP contribution in [0.4, 0.5) is 5.69 Å². The van der Waals surface area contributed by atoms with Crippen molar-refractivity contribution in [2.75, 3.05) is 18.5 Å². The number of nitrogens with one attached hydrogen (secondary N) is 1. The van der Waals surface area contributed by atoms with Crippen molar-refractivity contribution in [1.82, 2.24) is 0 Å². The Morgan fingerprint density at radius 2 is 2.31 bits per heavy atom. The third kappa shape index (κ3) is 3.22. The standard InChI is InChI=1S/C13H18BrNO/c1-10-5-6-12(14)13(8-10)15-9-11-4-2-3-7-16-11/h5-6,8,11,15H,2-4,7,9H2,1H3. The number of halogens is 1. The van der Waals surface area contributed by atoms with Gasteiger partial charge in [0.05, 0.1) is 6.10 Å². The summed E-state index contributed by atoms with van der Waals surface area (Å²) in [6.07, 6.45) is 4.06. The molecule has 1 saturated heterocycles. The summed E-state index contributed by atoms with van der Waals surface area (Å²) in [5.41, 5.74) is 2.43. The van der Waals surface area contributed by atoms with Gasteiger partial charge >= 0.3 is 0 Å². The van der Waals surface area contributed by atoms with E-state index in [1.807, 2.05) is 0 Å². The van der Waals surface area contributed by atoms with Crippen LogP contribution in [-0.4, -0.2) is 19.3 Å². The SMILES string of the molecule is Cc1ccc(Br)c(NCC2CCCCO2)c1. The summed E-state index contributed by atoms with van der Waals surface area (Å²) in [5.74, 6) is 0. The second kappa shape index (κ2) is 5.69. The van der Waals surface area contributed by atoms with Crippen LogP contribution in [0.1, 0.15) is 24.8 Å². The van der Waals surface area contributed by atoms with Gasteiger partial charge in [0.25, 0.3) is 0 Å². The number of anilines is 1. The first-order valence-electron chi connectivity index (χ1n) is 5.87. The Morgan fingerprint density at radius 3 is 3.06 bits per heavy atom. The first kappa shape index (κ1) is 11.9. The first-order valence-corrected chi connectivity index (χ1v) is 6.66. The van der Waals surface area contributed by atoms with Gasteiger partial charge in [-0.1, -0.05) is 6.07 Å². The van der Waals surface area contributed by atoms with Gasteiger partial charge < -0.3 is 10.1 Å². The molecule has 3 heteroatoms. The fraction of sp³-hybridized carbons (Fsp3) is 0.538. The summed E-state index contributed by atoms with van der Waals surface area (Å²) in [4.78, 5) is 0. The van der Waals surface area contributed by atoms with Gasteiger partial charge in [-0.15, -0.1) is 0 Å². The molecule has 1 atom stereocenters. The average Bonchev–Trinajstić information content (AvgIpc) is 2.32. The van der Waals surface area contributed by atoms with E-state index in [1.165, 1.54) is 24.8 Å². The molecule has 2 rings (SSSR count). The van der Waals surface area contributed by atoms with E-state index in [0.29, 0.717) is 6.10 Å². The fourth-order valence-electron chi connectivity index (χ4n) is 1.97. The summed E-state index contributed by atoms with van der Waals surface area (Å²) < 4.78 is 6.81. The van der Waals surface area contributed by atoms with Crippen LogP contribution in [0, 0.1) is 6.92 Å². The van der Waals surface area contributed by atoms with E-state index >= 15 is 0 Å². The van der Waals surface area contributed by atoms with Crippen LogP contribution in [0.5, 0.6) is 0 Å². The maximum atomic E-state index is 5.69. The fourth-order valence-corrected chi connectivity index (χ4v) is 2.35. The third-order valence-corrected chi connectivity index (χ3v) is 3.61. The highest BCUT2D eigenvalue weighted by Gasteiger charge is 2.13. The number of benzene rings is 1. The zero-order chi connectivity index (χ0) is 11.4. The van der Waals surface area contributed by atoms with Crippen molar-refractivity contribution < 1.29 is 4.74 Å². The Morgan fingerprint density at radius 1 is 1.44 bits per heavy atom. The molecule has 1 aromatic rings. The molecule has 0 amide bonds. The van der Waals surface area contributed by atoms with E-state index < -0.39 is 0 Å². The molecule has 88 valence electrons. The monoisotopic (exact) mass is 283 g/mol. The molecule has 1 aliphatic rings. The zero-order valence-electron chi connectivity index (χ0n) is 9.63. The minimum atomic E-state index is 0.376. The Kier molecular flexibility index (Phi) is 4.24. The molecule has 0 saturated carbocycles. The van der Waals surface area contributed by atoms with Gasteiger partial charge in [0, 0.05) is 23.3 Å². The Hall–Kier alpha value is -0.540. The number of rotatable bonds is 3. The quantitative estimate of drug-likeness (QED) is 0.913. The van der Waals surface area contributed by atoms with E-state index in [2.05, 4.69) is 46.4 Å². The largest absolute Gasteiger partial charge is 0.382 e.